The van der Waals surface area contributed by atoms with Crippen molar-refractivity contribution in [3.05, 3.63) is 136 Å². The number of allylic oxidation sites excluding steroid dienone is 3. The van der Waals surface area contributed by atoms with Crippen LogP contribution in [0.3, 0.4) is 0 Å². The van der Waals surface area contributed by atoms with Gasteiger partial charge in [0, 0.05) is 51.1 Å². The Labute approximate surface area is 308 Å². The fraction of sp³-hybridized carbons (Fsp3) is 0.150. The van der Waals surface area contributed by atoms with Crippen LogP contribution >= 0.6 is 23.2 Å². The Bertz CT molecular complexity index is 2420. The summed E-state index contributed by atoms with van der Waals surface area (Å²) in [5, 5.41) is 7.47. The van der Waals surface area contributed by atoms with E-state index in [1.54, 1.807) is 55.8 Å². The third-order valence-corrected chi connectivity index (χ3v) is 9.26. The smallest absolute Gasteiger partial charge is 0.332 e. The van der Waals surface area contributed by atoms with Crippen molar-refractivity contribution in [1.82, 2.24) is 15.4 Å². The Balaban J connectivity index is 1.09. The van der Waals surface area contributed by atoms with E-state index in [1.165, 1.54) is 17.9 Å². The zero-order valence-corrected chi connectivity index (χ0v) is 29.4. The molecule has 262 valence electrons. The highest BCUT2D eigenvalue weighted by Crippen LogP contribution is 2.41. The van der Waals surface area contributed by atoms with Crippen LogP contribution in [-0.2, 0) is 11.8 Å². The largest absolute Gasteiger partial charge is 0.493 e. The molecule has 1 aliphatic rings. The number of pyridine rings is 2. The van der Waals surface area contributed by atoms with E-state index in [4.69, 9.17) is 48.1 Å². The molecule has 6 aromatic rings. The lowest BCUT2D eigenvalue weighted by Gasteiger charge is -2.30. The molecule has 3 N–H and O–H groups in total. The summed E-state index contributed by atoms with van der Waals surface area (Å²) in [6.07, 6.45) is 7.52. The van der Waals surface area contributed by atoms with Crippen LogP contribution in [0.25, 0.3) is 32.7 Å². The predicted octanol–water partition coefficient (Wildman–Crippen LogP) is 9.38. The van der Waals surface area contributed by atoms with Crippen molar-refractivity contribution in [3.63, 3.8) is 0 Å². The van der Waals surface area contributed by atoms with E-state index in [0.29, 0.717) is 50.4 Å². The predicted molar refractivity (Wildman–Crippen MR) is 203 cm³/mol. The molecule has 0 radical (unpaired) electrons. The summed E-state index contributed by atoms with van der Waals surface area (Å²) in [5.74, 6) is 0.792. The number of carbonyl (C=O) groups is 1. The van der Waals surface area contributed by atoms with Gasteiger partial charge in [0.1, 0.15) is 11.6 Å². The Morgan fingerprint density at radius 1 is 0.962 bits per heavy atom. The van der Waals surface area contributed by atoms with E-state index < -0.39 is 17.3 Å². The number of benzene rings is 4. The molecule has 7 rings (SSSR count). The van der Waals surface area contributed by atoms with Crippen LogP contribution in [0.15, 0.2) is 120 Å². The number of primary amides is 1. The van der Waals surface area contributed by atoms with Crippen LogP contribution < -0.4 is 25.4 Å². The molecule has 0 saturated heterocycles. The number of rotatable bonds is 11. The molecule has 0 saturated carbocycles. The SMILES string of the molecule is COc1cc2c(OC3=C(F)CC(C=NNC(N)=O)(c4cc(Cl)cc(Cl)c4)C=C3)ccnc2cc1OCCCc1cccc2nc3ccccc3cc12. The fourth-order valence-corrected chi connectivity index (χ4v) is 6.86. The molecule has 2 heterocycles. The second-order valence-electron chi connectivity index (χ2n) is 12.3. The number of nitrogens with two attached hydrogens (primary N) is 1. The molecule has 0 aliphatic heterocycles. The monoisotopic (exact) mass is 735 g/mol. The van der Waals surface area contributed by atoms with Crippen molar-refractivity contribution in [2.24, 2.45) is 10.8 Å². The number of ether oxygens (including phenoxy) is 3. The first-order valence-electron chi connectivity index (χ1n) is 16.4. The molecule has 52 heavy (non-hydrogen) atoms. The highest BCUT2D eigenvalue weighted by Gasteiger charge is 2.35. The molecule has 1 aliphatic carbocycles. The van der Waals surface area contributed by atoms with E-state index in [-0.39, 0.29) is 12.2 Å². The number of hydrazone groups is 1. The lowest BCUT2D eigenvalue weighted by Crippen LogP contribution is -2.32. The Hall–Kier alpha value is -5.71. The van der Waals surface area contributed by atoms with Crippen LogP contribution in [0, 0.1) is 0 Å². The quantitative estimate of drug-likeness (QED) is 0.0592. The number of aromatic nitrogens is 2. The first kappa shape index (κ1) is 34.7. The summed E-state index contributed by atoms with van der Waals surface area (Å²) in [7, 11) is 1.56. The minimum Gasteiger partial charge on any atom is -0.493 e. The van der Waals surface area contributed by atoms with Gasteiger partial charge in [-0.05, 0) is 78.6 Å². The maximum absolute atomic E-state index is 16.0. The molecule has 0 fully saturated rings. The van der Waals surface area contributed by atoms with Gasteiger partial charge in [0.25, 0.3) is 0 Å². The normalized spacial score (nSPS) is 15.8. The van der Waals surface area contributed by atoms with Gasteiger partial charge >= 0.3 is 6.03 Å². The average Bonchev–Trinajstić information content (AvgIpc) is 3.13. The Morgan fingerprint density at radius 3 is 2.56 bits per heavy atom. The number of hydrogen-bond donors (Lipinski definition) is 2. The molecule has 0 spiro atoms. The van der Waals surface area contributed by atoms with Gasteiger partial charge in [0.2, 0.25) is 0 Å². The molecule has 12 heteroatoms. The number of para-hydroxylation sites is 1. The third-order valence-electron chi connectivity index (χ3n) is 8.82. The number of halogens is 3. The molecule has 4 aromatic carbocycles. The molecule has 2 aromatic heterocycles. The first-order chi connectivity index (χ1) is 25.2. The number of carbonyl (C=O) groups excluding carboxylic acids is 1. The fourth-order valence-electron chi connectivity index (χ4n) is 6.33. The molecular formula is C40H32Cl2FN5O4. The lowest BCUT2D eigenvalue weighted by molar-refractivity contribution is 0.249. The number of nitrogens with one attached hydrogen (secondary N) is 1. The highest BCUT2D eigenvalue weighted by atomic mass is 35.5. The second kappa shape index (κ2) is 14.9. The minimum absolute atomic E-state index is 0.0107. The van der Waals surface area contributed by atoms with Crippen LogP contribution in [-0.4, -0.2) is 35.9 Å². The van der Waals surface area contributed by atoms with Crippen LogP contribution in [0.2, 0.25) is 10.0 Å². The van der Waals surface area contributed by atoms with Gasteiger partial charge in [-0.25, -0.2) is 19.6 Å². The van der Waals surface area contributed by atoms with Crippen LogP contribution in [0.5, 0.6) is 17.2 Å². The Morgan fingerprint density at radius 2 is 1.77 bits per heavy atom. The van der Waals surface area contributed by atoms with Crippen molar-refractivity contribution in [1.29, 1.82) is 0 Å². The molecule has 2 amide bonds. The zero-order valence-electron chi connectivity index (χ0n) is 27.9. The van der Waals surface area contributed by atoms with Crippen molar-refractivity contribution in [2.75, 3.05) is 13.7 Å². The number of nitrogens with zero attached hydrogens (tertiary/aromatic N) is 3. The summed E-state index contributed by atoms with van der Waals surface area (Å²) in [5.41, 5.74) is 10.5. The summed E-state index contributed by atoms with van der Waals surface area (Å²) >= 11 is 12.6. The van der Waals surface area contributed by atoms with Crippen LogP contribution in [0.1, 0.15) is 24.0 Å². The molecule has 1 atom stereocenters. The van der Waals surface area contributed by atoms with Crippen molar-refractivity contribution < 1.29 is 23.4 Å². The van der Waals surface area contributed by atoms with Crippen molar-refractivity contribution >= 4 is 68.2 Å². The van der Waals surface area contributed by atoms with Crippen molar-refractivity contribution in [2.45, 2.75) is 24.7 Å². The van der Waals surface area contributed by atoms with E-state index in [9.17, 15) is 4.79 Å². The number of hydrogen-bond acceptors (Lipinski definition) is 7. The van der Waals surface area contributed by atoms with Gasteiger partial charge in [-0.3, -0.25) is 4.98 Å². The van der Waals surface area contributed by atoms with Gasteiger partial charge in [-0.1, -0.05) is 59.6 Å². The number of aryl methyl sites for hydroxylation is 1. The van der Waals surface area contributed by atoms with Gasteiger partial charge in [0.05, 0.1) is 35.7 Å². The number of urea groups is 1. The molecular weight excluding hydrogens is 704 g/mol. The van der Waals surface area contributed by atoms with Gasteiger partial charge < -0.3 is 19.9 Å². The number of amides is 2. The van der Waals surface area contributed by atoms with Gasteiger partial charge in [-0.15, -0.1) is 0 Å². The lowest BCUT2D eigenvalue weighted by atomic mass is 9.76. The third kappa shape index (κ3) is 7.35. The summed E-state index contributed by atoms with van der Waals surface area (Å²) in [6.45, 7) is 0.441. The number of fused-ring (bicyclic) bond motifs is 3. The van der Waals surface area contributed by atoms with Crippen molar-refractivity contribution in [3.8, 4) is 17.2 Å². The molecule has 0 bridgehead atoms. The van der Waals surface area contributed by atoms with Crippen LogP contribution in [0.4, 0.5) is 9.18 Å². The summed E-state index contributed by atoms with van der Waals surface area (Å²) in [6, 6.07) is 25.7. The van der Waals surface area contributed by atoms with E-state index >= 15 is 4.39 Å². The van der Waals surface area contributed by atoms with Gasteiger partial charge in [-0.2, -0.15) is 5.10 Å². The molecule has 9 nitrogen and oxygen atoms in total. The zero-order chi connectivity index (χ0) is 36.2. The Kier molecular flexibility index (Phi) is 9.93. The average molecular weight is 737 g/mol. The van der Waals surface area contributed by atoms with E-state index in [2.05, 4.69) is 33.7 Å². The minimum atomic E-state index is -1.15. The van der Waals surface area contributed by atoms with Gasteiger partial charge in [0.15, 0.2) is 17.3 Å². The molecule has 1 unspecified atom stereocenters. The number of methoxy groups -OCH3 is 1. The maximum Gasteiger partial charge on any atom is 0.332 e. The standard InChI is InChI=1S/C40H32Cl2FN5O4/c1-50-37-20-30-34(21-38(37)51-15-5-8-24-7-4-10-33-29(24)16-25-6-2-3-9-32(25)47-33)45-14-12-35(30)52-36-11-13-40(22-31(36)43,23-46-48-39(44)49)26-17-27(41)19-28(42)18-26/h2-4,6-7,9-14,16-21,23H,5,8,15,22H2,1H3,(H3,44,48,49). The second-order valence-corrected chi connectivity index (χ2v) is 13.1. The summed E-state index contributed by atoms with van der Waals surface area (Å²) < 4.78 is 34.0. The van der Waals surface area contributed by atoms with E-state index in [1.807, 2.05) is 30.3 Å². The van der Waals surface area contributed by atoms with E-state index in [0.717, 1.165) is 34.6 Å². The topological polar surface area (TPSA) is 121 Å². The maximum atomic E-state index is 16.0. The highest BCUT2D eigenvalue weighted by molar-refractivity contribution is 6.34. The summed E-state index contributed by atoms with van der Waals surface area (Å²) in [4.78, 5) is 20.6. The first-order valence-corrected chi connectivity index (χ1v) is 17.2.